The van der Waals surface area contributed by atoms with Crippen LogP contribution >= 0.6 is 0 Å². The molecular weight excluding hydrogens is 202 g/mol. The first-order valence-corrected chi connectivity index (χ1v) is 5.63. The smallest absolute Gasteiger partial charge is 0.256 e. The normalized spacial score (nSPS) is 15.4. The van der Waals surface area contributed by atoms with E-state index in [9.17, 15) is 4.79 Å². The Hall–Kier alpha value is -1.58. The van der Waals surface area contributed by atoms with Gasteiger partial charge in [-0.15, -0.1) is 0 Å². The Kier molecular flexibility index (Phi) is 3.08. The first-order valence-electron chi connectivity index (χ1n) is 5.63. The molecule has 0 spiro atoms. The predicted octanol–water partition coefficient (Wildman–Crippen LogP) is 1.75. The molecule has 1 aliphatic rings. The van der Waals surface area contributed by atoms with Crippen molar-refractivity contribution in [3.63, 3.8) is 0 Å². The molecule has 1 amide bonds. The molecule has 4 heteroatoms. The van der Waals surface area contributed by atoms with Crippen LogP contribution in [0.15, 0.2) is 18.5 Å². The fourth-order valence-electron chi connectivity index (χ4n) is 1.91. The molecule has 0 atom stereocenters. The van der Waals surface area contributed by atoms with E-state index in [-0.39, 0.29) is 5.91 Å². The largest absolute Gasteiger partial charge is 0.386 e. The molecule has 1 saturated carbocycles. The molecule has 1 heterocycles. The van der Waals surface area contributed by atoms with Crippen molar-refractivity contribution in [2.75, 3.05) is 19.4 Å². The van der Waals surface area contributed by atoms with Gasteiger partial charge >= 0.3 is 0 Å². The zero-order valence-corrected chi connectivity index (χ0v) is 9.73. The van der Waals surface area contributed by atoms with E-state index in [0.29, 0.717) is 11.6 Å². The van der Waals surface area contributed by atoms with Gasteiger partial charge in [-0.1, -0.05) is 0 Å². The van der Waals surface area contributed by atoms with E-state index >= 15 is 0 Å². The molecule has 0 aromatic carbocycles. The standard InChI is InChI=1S/C12H17N3O/c1-13-11-8-14-7-6-10(11)12(16)15(2)9-4-3-5-9/h6-9,13H,3-5H2,1-2H3. The summed E-state index contributed by atoms with van der Waals surface area (Å²) in [4.78, 5) is 18.1. The minimum Gasteiger partial charge on any atom is -0.386 e. The zero-order valence-electron chi connectivity index (χ0n) is 9.73. The first-order chi connectivity index (χ1) is 7.74. The number of hydrogen-bond acceptors (Lipinski definition) is 3. The number of rotatable bonds is 3. The number of nitrogens with one attached hydrogen (secondary N) is 1. The number of carbonyl (C=O) groups is 1. The van der Waals surface area contributed by atoms with Gasteiger partial charge < -0.3 is 10.2 Å². The lowest BCUT2D eigenvalue weighted by atomic mass is 9.91. The second kappa shape index (κ2) is 4.51. The van der Waals surface area contributed by atoms with E-state index in [1.54, 1.807) is 25.5 Å². The highest BCUT2D eigenvalue weighted by atomic mass is 16.2. The summed E-state index contributed by atoms with van der Waals surface area (Å²) in [6.45, 7) is 0. The molecule has 1 N–H and O–H groups in total. The highest BCUT2D eigenvalue weighted by Crippen LogP contribution is 2.26. The Morgan fingerprint density at radius 2 is 2.31 bits per heavy atom. The molecule has 16 heavy (non-hydrogen) atoms. The van der Waals surface area contributed by atoms with Crippen molar-refractivity contribution < 1.29 is 4.79 Å². The summed E-state index contributed by atoms with van der Waals surface area (Å²) in [5, 5.41) is 3.00. The van der Waals surface area contributed by atoms with Crippen LogP contribution in [0.25, 0.3) is 0 Å². The van der Waals surface area contributed by atoms with E-state index in [1.165, 1.54) is 6.42 Å². The summed E-state index contributed by atoms with van der Waals surface area (Å²) in [5.74, 6) is 0.0800. The van der Waals surface area contributed by atoms with E-state index in [4.69, 9.17) is 0 Å². The van der Waals surface area contributed by atoms with Gasteiger partial charge in [-0.2, -0.15) is 0 Å². The number of aromatic nitrogens is 1. The van der Waals surface area contributed by atoms with Crippen molar-refractivity contribution in [1.29, 1.82) is 0 Å². The fourth-order valence-corrected chi connectivity index (χ4v) is 1.91. The SMILES string of the molecule is CNc1cnccc1C(=O)N(C)C1CCC1. The van der Waals surface area contributed by atoms with Crippen LogP contribution in [0.1, 0.15) is 29.6 Å². The van der Waals surface area contributed by atoms with E-state index in [0.717, 1.165) is 18.5 Å². The van der Waals surface area contributed by atoms with Gasteiger partial charge in [0, 0.05) is 26.3 Å². The average molecular weight is 219 g/mol. The molecule has 1 aromatic rings. The molecule has 86 valence electrons. The summed E-state index contributed by atoms with van der Waals surface area (Å²) < 4.78 is 0. The van der Waals surface area contributed by atoms with Crippen molar-refractivity contribution in [2.45, 2.75) is 25.3 Å². The zero-order chi connectivity index (χ0) is 11.5. The minimum absolute atomic E-state index is 0.0800. The van der Waals surface area contributed by atoms with Crippen LogP contribution in [0.3, 0.4) is 0 Å². The van der Waals surface area contributed by atoms with Gasteiger partial charge in [0.1, 0.15) is 0 Å². The summed E-state index contributed by atoms with van der Waals surface area (Å²) in [6.07, 6.45) is 6.83. The second-order valence-corrected chi connectivity index (χ2v) is 4.17. The molecular formula is C12H17N3O. The third-order valence-corrected chi connectivity index (χ3v) is 3.26. The highest BCUT2D eigenvalue weighted by molar-refractivity contribution is 5.99. The second-order valence-electron chi connectivity index (χ2n) is 4.17. The monoisotopic (exact) mass is 219 g/mol. The number of pyridine rings is 1. The Morgan fingerprint density at radius 1 is 1.56 bits per heavy atom. The lowest BCUT2D eigenvalue weighted by Gasteiger charge is -2.35. The molecule has 2 rings (SSSR count). The Labute approximate surface area is 95.7 Å². The maximum Gasteiger partial charge on any atom is 0.256 e. The van der Waals surface area contributed by atoms with E-state index in [2.05, 4.69) is 10.3 Å². The topological polar surface area (TPSA) is 45.2 Å². The highest BCUT2D eigenvalue weighted by Gasteiger charge is 2.27. The van der Waals surface area contributed by atoms with Gasteiger partial charge in [-0.3, -0.25) is 9.78 Å². The van der Waals surface area contributed by atoms with Gasteiger partial charge in [-0.05, 0) is 25.3 Å². The van der Waals surface area contributed by atoms with E-state index < -0.39 is 0 Å². The lowest BCUT2D eigenvalue weighted by molar-refractivity contribution is 0.0653. The molecule has 0 radical (unpaired) electrons. The van der Waals surface area contributed by atoms with E-state index in [1.807, 2.05) is 11.9 Å². The van der Waals surface area contributed by atoms with Crippen LogP contribution in [0.4, 0.5) is 5.69 Å². The third-order valence-electron chi connectivity index (χ3n) is 3.26. The quantitative estimate of drug-likeness (QED) is 0.842. The first kappa shape index (κ1) is 10.9. The van der Waals surface area contributed by atoms with Gasteiger partial charge in [0.25, 0.3) is 5.91 Å². The molecule has 4 nitrogen and oxygen atoms in total. The molecule has 0 aliphatic heterocycles. The fraction of sp³-hybridized carbons (Fsp3) is 0.500. The maximum atomic E-state index is 12.2. The number of nitrogens with zero attached hydrogens (tertiary/aromatic N) is 2. The van der Waals surface area contributed by atoms with Crippen LogP contribution in [-0.2, 0) is 0 Å². The van der Waals surface area contributed by atoms with Crippen LogP contribution < -0.4 is 5.32 Å². The Morgan fingerprint density at radius 3 is 2.88 bits per heavy atom. The average Bonchev–Trinajstić information content (AvgIpc) is 2.25. The van der Waals surface area contributed by atoms with Crippen molar-refractivity contribution >= 4 is 11.6 Å². The molecule has 1 aliphatic carbocycles. The summed E-state index contributed by atoms with van der Waals surface area (Å²) in [6, 6.07) is 2.19. The van der Waals surface area contributed by atoms with Gasteiger partial charge in [-0.25, -0.2) is 0 Å². The van der Waals surface area contributed by atoms with Crippen LogP contribution in [0.5, 0.6) is 0 Å². The van der Waals surface area contributed by atoms with Crippen molar-refractivity contribution in [1.82, 2.24) is 9.88 Å². The Balaban J connectivity index is 2.19. The van der Waals surface area contributed by atoms with Crippen molar-refractivity contribution in [2.24, 2.45) is 0 Å². The predicted molar refractivity (Wildman–Crippen MR) is 63.5 cm³/mol. The van der Waals surface area contributed by atoms with Gasteiger partial charge in [0.15, 0.2) is 0 Å². The molecule has 1 fully saturated rings. The minimum atomic E-state index is 0.0800. The molecule has 0 unspecified atom stereocenters. The van der Waals surface area contributed by atoms with Gasteiger partial charge in [0.2, 0.25) is 0 Å². The van der Waals surface area contributed by atoms with Crippen LogP contribution in [0, 0.1) is 0 Å². The number of amides is 1. The third kappa shape index (κ3) is 1.87. The van der Waals surface area contributed by atoms with Crippen molar-refractivity contribution in [3.8, 4) is 0 Å². The molecule has 0 bridgehead atoms. The number of hydrogen-bond donors (Lipinski definition) is 1. The lowest BCUT2D eigenvalue weighted by Crippen LogP contribution is -2.41. The molecule has 0 saturated heterocycles. The van der Waals surface area contributed by atoms with Gasteiger partial charge in [0.05, 0.1) is 17.4 Å². The summed E-state index contributed by atoms with van der Waals surface area (Å²) in [7, 11) is 3.68. The maximum absolute atomic E-state index is 12.2. The van der Waals surface area contributed by atoms with Crippen LogP contribution in [0.2, 0.25) is 0 Å². The summed E-state index contributed by atoms with van der Waals surface area (Å²) in [5.41, 5.74) is 1.49. The van der Waals surface area contributed by atoms with Crippen molar-refractivity contribution in [3.05, 3.63) is 24.0 Å². The molecule has 1 aromatic heterocycles. The summed E-state index contributed by atoms with van der Waals surface area (Å²) >= 11 is 0. The Bertz CT molecular complexity index is 388. The number of anilines is 1. The van der Waals surface area contributed by atoms with Crippen LogP contribution in [-0.4, -0.2) is 35.9 Å². The number of carbonyl (C=O) groups excluding carboxylic acids is 1.